The fourth-order valence-corrected chi connectivity index (χ4v) is 6.56. The Kier molecular flexibility index (Phi) is 6.04. The molecule has 2 aromatic carbocycles. The van der Waals surface area contributed by atoms with Gasteiger partial charge < -0.3 is 29.6 Å². The maximum absolute atomic E-state index is 16.5. The minimum atomic E-state index is -0.735. The maximum atomic E-state index is 16.5. The summed E-state index contributed by atoms with van der Waals surface area (Å²) < 4.78 is 44.0. The topological polar surface area (TPSA) is 78.5 Å². The Bertz CT molecular complexity index is 1550. The number of nitrogens with zero attached hydrogens (tertiary/aromatic N) is 4. The van der Waals surface area contributed by atoms with Gasteiger partial charge in [0.1, 0.15) is 29.5 Å². The van der Waals surface area contributed by atoms with Gasteiger partial charge in [0.05, 0.1) is 12.7 Å². The van der Waals surface area contributed by atoms with Gasteiger partial charge in [-0.05, 0) is 57.5 Å². The highest BCUT2D eigenvalue weighted by molar-refractivity contribution is 6.03. The first-order valence-corrected chi connectivity index (χ1v) is 13.7. The van der Waals surface area contributed by atoms with E-state index in [1.807, 2.05) is 12.1 Å². The number of rotatable bonds is 6. The number of piperazine rings is 1. The van der Waals surface area contributed by atoms with Crippen molar-refractivity contribution in [2.24, 2.45) is 0 Å². The highest BCUT2D eigenvalue weighted by atomic mass is 19.1. The Balaban J connectivity index is 1.38. The summed E-state index contributed by atoms with van der Waals surface area (Å²) >= 11 is 0. The minimum absolute atomic E-state index is 0.0568. The van der Waals surface area contributed by atoms with Crippen molar-refractivity contribution < 1.29 is 18.3 Å². The molecule has 2 N–H and O–H groups in total. The van der Waals surface area contributed by atoms with E-state index in [-0.39, 0.29) is 23.1 Å². The fourth-order valence-electron chi connectivity index (χ4n) is 6.56. The number of likely N-dealkylation sites (tertiary alicyclic amines) is 1. The first-order valence-electron chi connectivity index (χ1n) is 13.7. The van der Waals surface area contributed by atoms with Crippen LogP contribution < -0.4 is 19.7 Å². The SMILES string of the molecule is COc1cccc2[nH]cc(-c3c(F)cc4c(N5CC6CCC(C5)N6)nc(OC[C@@H]5CCCN5C)nc4c3F)c12. The summed E-state index contributed by atoms with van der Waals surface area (Å²) in [5, 5.41) is 4.58. The van der Waals surface area contributed by atoms with E-state index in [2.05, 4.69) is 32.1 Å². The number of anilines is 1. The molecule has 0 spiro atoms. The van der Waals surface area contributed by atoms with Crippen LogP contribution in [0, 0.1) is 11.6 Å². The number of likely N-dealkylation sites (N-methyl/N-ethyl adjacent to an activating group) is 1. The third-order valence-electron chi connectivity index (χ3n) is 8.59. The standard InChI is InChI=1S/C29H32F2N6O2/c1-36-10-4-5-18(36)15-39-29-34-27-19(28(35-29)37-13-16-8-9-17(14-37)33-16)11-21(30)24(26(27)31)20-12-32-22-6-3-7-23(38-2)25(20)22/h3,6-7,11-12,16-18,32-33H,4-5,8-10,13-15H2,1-2H3/t16?,17?,18-/m0/s1. The van der Waals surface area contributed by atoms with E-state index in [9.17, 15) is 0 Å². The fraction of sp³-hybridized carbons (Fsp3) is 0.448. The van der Waals surface area contributed by atoms with Crippen molar-refractivity contribution in [3.63, 3.8) is 0 Å². The summed E-state index contributed by atoms with van der Waals surface area (Å²) in [4.78, 5) is 16.8. The van der Waals surface area contributed by atoms with Gasteiger partial charge >= 0.3 is 6.01 Å². The van der Waals surface area contributed by atoms with Crippen LogP contribution in [0.2, 0.25) is 0 Å². The molecule has 204 valence electrons. The van der Waals surface area contributed by atoms with E-state index in [1.165, 1.54) is 6.07 Å². The Hall–Kier alpha value is -3.50. The first-order chi connectivity index (χ1) is 19.0. The van der Waals surface area contributed by atoms with Crippen LogP contribution in [-0.2, 0) is 0 Å². The molecule has 0 saturated carbocycles. The molecule has 7 rings (SSSR count). The molecule has 4 aromatic rings. The van der Waals surface area contributed by atoms with E-state index in [0.29, 0.717) is 46.6 Å². The molecule has 5 heterocycles. The minimum Gasteiger partial charge on any atom is -0.496 e. The zero-order valence-corrected chi connectivity index (χ0v) is 22.1. The van der Waals surface area contributed by atoms with Gasteiger partial charge in [-0.1, -0.05) is 6.07 Å². The second kappa shape index (κ2) is 9.60. The number of methoxy groups -OCH3 is 1. The van der Waals surface area contributed by atoms with Crippen molar-refractivity contribution >= 4 is 27.6 Å². The van der Waals surface area contributed by atoms with Crippen LogP contribution in [0.3, 0.4) is 0 Å². The summed E-state index contributed by atoms with van der Waals surface area (Å²) in [7, 11) is 3.62. The number of benzene rings is 2. The van der Waals surface area contributed by atoms with Crippen LogP contribution in [0.4, 0.5) is 14.6 Å². The summed E-state index contributed by atoms with van der Waals surface area (Å²) in [5.74, 6) is -0.349. The maximum Gasteiger partial charge on any atom is 0.319 e. The van der Waals surface area contributed by atoms with Crippen molar-refractivity contribution in [1.29, 1.82) is 0 Å². The average Bonchev–Trinajstić information content (AvgIpc) is 3.65. The number of nitrogens with one attached hydrogen (secondary N) is 2. The Morgan fingerprint density at radius 1 is 1.10 bits per heavy atom. The van der Waals surface area contributed by atoms with E-state index in [4.69, 9.17) is 14.5 Å². The number of fused-ring (bicyclic) bond motifs is 4. The van der Waals surface area contributed by atoms with Crippen LogP contribution >= 0.6 is 0 Å². The average molecular weight is 535 g/mol. The molecule has 39 heavy (non-hydrogen) atoms. The van der Waals surface area contributed by atoms with Gasteiger partial charge in [0.25, 0.3) is 0 Å². The van der Waals surface area contributed by atoms with Crippen molar-refractivity contribution in [2.45, 2.75) is 43.8 Å². The zero-order valence-electron chi connectivity index (χ0n) is 22.1. The predicted octanol–water partition coefficient (Wildman–Crippen LogP) is 4.48. The Morgan fingerprint density at radius 2 is 1.92 bits per heavy atom. The van der Waals surface area contributed by atoms with Crippen molar-refractivity contribution in [1.82, 2.24) is 25.2 Å². The van der Waals surface area contributed by atoms with Crippen LogP contribution in [0.15, 0.2) is 30.5 Å². The number of aromatic amines is 1. The molecule has 0 amide bonds. The smallest absolute Gasteiger partial charge is 0.319 e. The lowest BCUT2D eigenvalue weighted by Gasteiger charge is -2.34. The third-order valence-corrected chi connectivity index (χ3v) is 8.59. The lowest BCUT2D eigenvalue weighted by Crippen LogP contribution is -2.51. The van der Waals surface area contributed by atoms with Crippen molar-refractivity contribution in [3.8, 4) is 22.9 Å². The van der Waals surface area contributed by atoms with Crippen LogP contribution in [0.1, 0.15) is 25.7 Å². The highest BCUT2D eigenvalue weighted by Gasteiger charge is 2.35. The lowest BCUT2D eigenvalue weighted by molar-refractivity contribution is 0.188. The highest BCUT2D eigenvalue weighted by Crippen LogP contribution is 2.41. The van der Waals surface area contributed by atoms with Crippen LogP contribution in [0.25, 0.3) is 32.9 Å². The lowest BCUT2D eigenvalue weighted by atomic mass is 10.0. The largest absolute Gasteiger partial charge is 0.496 e. The van der Waals surface area contributed by atoms with E-state index in [0.717, 1.165) is 50.8 Å². The molecular weight excluding hydrogens is 502 g/mol. The molecule has 2 bridgehead atoms. The summed E-state index contributed by atoms with van der Waals surface area (Å²) in [6, 6.07) is 7.88. The molecule has 3 aliphatic heterocycles. The van der Waals surface area contributed by atoms with Gasteiger partial charge in [-0.3, -0.25) is 0 Å². The molecular formula is C29H32F2N6O2. The predicted molar refractivity (Wildman–Crippen MR) is 147 cm³/mol. The molecule has 0 aliphatic carbocycles. The monoisotopic (exact) mass is 534 g/mol. The van der Waals surface area contributed by atoms with Gasteiger partial charge in [-0.2, -0.15) is 9.97 Å². The van der Waals surface area contributed by atoms with E-state index >= 15 is 8.78 Å². The number of hydrogen-bond donors (Lipinski definition) is 2. The Morgan fingerprint density at radius 3 is 2.67 bits per heavy atom. The normalized spacial score (nSPS) is 23.3. The van der Waals surface area contributed by atoms with E-state index < -0.39 is 11.6 Å². The summed E-state index contributed by atoms with van der Waals surface area (Å²) in [6.45, 7) is 2.88. The number of halogens is 2. The molecule has 10 heteroatoms. The second-order valence-electron chi connectivity index (χ2n) is 11.0. The molecule has 8 nitrogen and oxygen atoms in total. The molecule has 2 aromatic heterocycles. The van der Waals surface area contributed by atoms with Crippen LogP contribution in [0.5, 0.6) is 11.8 Å². The first kappa shape index (κ1) is 24.5. The van der Waals surface area contributed by atoms with Gasteiger partial charge in [0.2, 0.25) is 0 Å². The number of ether oxygens (including phenoxy) is 2. The zero-order chi connectivity index (χ0) is 26.7. The molecule has 2 unspecified atom stereocenters. The molecule has 0 radical (unpaired) electrons. The third kappa shape index (κ3) is 4.17. The van der Waals surface area contributed by atoms with Gasteiger partial charge in [0.15, 0.2) is 5.82 Å². The molecule has 3 saturated heterocycles. The summed E-state index contributed by atoms with van der Waals surface area (Å²) in [5.41, 5.74) is 1.02. The molecule has 3 fully saturated rings. The van der Waals surface area contributed by atoms with Crippen LogP contribution in [-0.4, -0.2) is 78.4 Å². The number of H-pyrrole nitrogens is 1. The quantitative estimate of drug-likeness (QED) is 0.378. The van der Waals surface area contributed by atoms with Gasteiger partial charge in [0, 0.05) is 59.3 Å². The number of aromatic nitrogens is 3. The molecule has 3 atom stereocenters. The summed E-state index contributed by atoms with van der Waals surface area (Å²) in [6.07, 6.45) is 5.92. The second-order valence-corrected chi connectivity index (χ2v) is 11.0. The van der Waals surface area contributed by atoms with Gasteiger partial charge in [-0.15, -0.1) is 0 Å². The van der Waals surface area contributed by atoms with E-state index in [1.54, 1.807) is 19.4 Å². The van der Waals surface area contributed by atoms with Crippen molar-refractivity contribution in [2.75, 3.05) is 45.3 Å². The molecule has 3 aliphatic rings. The van der Waals surface area contributed by atoms with Gasteiger partial charge in [-0.25, -0.2) is 8.78 Å². The van der Waals surface area contributed by atoms with Crippen molar-refractivity contribution in [3.05, 3.63) is 42.1 Å². The number of hydrogen-bond acceptors (Lipinski definition) is 7. The Labute approximate surface area is 225 Å².